The topological polar surface area (TPSA) is 47.6 Å². The first-order valence-corrected chi connectivity index (χ1v) is 6.65. The lowest BCUT2D eigenvalue weighted by atomic mass is 10.1. The van der Waals surface area contributed by atoms with Gasteiger partial charge in [-0.2, -0.15) is 8.78 Å². The molecule has 0 spiro atoms. The fourth-order valence-electron chi connectivity index (χ4n) is 1.98. The number of carbonyl (C=O) groups excluding carboxylic acids is 1. The second kappa shape index (κ2) is 7.53. The number of methoxy groups -OCH3 is 1. The Kier molecular flexibility index (Phi) is 5.46. The van der Waals surface area contributed by atoms with Gasteiger partial charge in [0.25, 0.3) is 0 Å². The van der Waals surface area contributed by atoms with Gasteiger partial charge in [-0.3, -0.25) is 4.79 Å². The minimum atomic E-state index is -3.01. The predicted molar refractivity (Wildman–Crippen MR) is 78.4 cm³/mol. The first-order chi connectivity index (χ1) is 11.0. The van der Waals surface area contributed by atoms with Crippen LogP contribution in [-0.2, 0) is 11.2 Å². The van der Waals surface area contributed by atoms with E-state index in [0.29, 0.717) is 5.56 Å². The summed E-state index contributed by atoms with van der Waals surface area (Å²) in [6.45, 7) is -3.01. The number of hydrogen-bond donors (Lipinski definition) is 1. The zero-order valence-electron chi connectivity index (χ0n) is 12.2. The van der Waals surface area contributed by atoms with Crippen LogP contribution in [-0.4, -0.2) is 19.6 Å². The first-order valence-electron chi connectivity index (χ1n) is 6.65. The number of hydrogen-bond acceptors (Lipinski definition) is 3. The summed E-state index contributed by atoms with van der Waals surface area (Å²) >= 11 is 0. The Morgan fingerprint density at radius 1 is 1.17 bits per heavy atom. The molecule has 0 saturated carbocycles. The van der Waals surface area contributed by atoms with Crippen molar-refractivity contribution < 1.29 is 27.4 Å². The number of ether oxygens (including phenoxy) is 2. The molecule has 0 heterocycles. The molecule has 0 radical (unpaired) electrons. The maximum atomic E-state index is 13.1. The lowest BCUT2D eigenvalue weighted by molar-refractivity contribution is -0.115. The Hall–Kier alpha value is -2.70. The van der Waals surface area contributed by atoms with Gasteiger partial charge in [0.2, 0.25) is 5.91 Å². The van der Waals surface area contributed by atoms with Gasteiger partial charge in [-0.1, -0.05) is 12.1 Å². The molecule has 0 unspecified atom stereocenters. The van der Waals surface area contributed by atoms with E-state index in [9.17, 15) is 18.0 Å². The molecule has 0 atom stereocenters. The molecule has 23 heavy (non-hydrogen) atoms. The van der Waals surface area contributed by atoms with Gasteiger partial charge in [-0.25, -0.2) is 4.39 Å². The molecule has 0 aliphatic rings. The van der Waals surface area contributed by atoms with E-state index in [1.54, 1.807) is 6.07 Å². The molecule has 2 rings (SSSR count). The summed E-state index contributed by atoms with van der Waals surface area (Å²) in [5.41, 5.74) is 0.767. The highest BCUT2D eigenvalue weighted by molar-refractivity contribution is 5.92. The molecule has 2 aromatic rings. The van der Waals surface area contributed by atoms with Gasteiger partial charge in [-0.05, 0) is 29.8 Å². The minimum Gasteiger partial charge on any atom is -0.493 e. The van der Waals surface area contributed by atoms with Crippen LogP contribution in [0.5, 0.6) is 11.5 Å². The van der Waals surface area contributed by atoms with Crippen LogP contribution < -0.4 is 14.8 Å². The zero-order valence-corrected chi connectivity index (χ0v) is 12.2. The highest BCUT2D eigenvalue weighted by Crippen LogP contribution is 2.31. The van der Waals surface area contributed by atoms with Gasteiger partial charge in [0.15, 0.2) is 11.5 Å². The normalized spacial score (nSPS) is 10.5. The second-order valence-electron chi connectivity index (χ2n) is 4.60. The molecule has 7 heteroatoms. The van der Waals surface area contributed by atoms with E-state index in [1.807, 2.05) is 0 Å². The molecular weight excluding hydrogens is 311 g/mol. The van der Waals surface area contributed by atoms with Gasteiger partial charge in [0.1, 0.15) is 5.82 Å². The van der Waals surface area contributed by atoms with Gasteiger partial charge in [-0.15, -0.1) is 0 Å². The van der Waals surface area contributed by atoms with Crippen LogP contribution in [0, 0.1) is 5.82 Å². The van der Waals surface area contributed by atoms with E-state index in [0.717, 1.165) is 0 Å². The van der Waals surface area contributed by atoms with Crippen LogP contribution in [0.4, 0.5) is 18.9 Å². The molecule has 1 N–H and O–H groups in total. The Morgan fingerprint density at radius 2 is 1.96 bits per heavy atom. The van der Waals surface area contributed by atoms with Crippen LogP contribution in [0.1, 0.15) is 5.56 Å². The largest absolute Gasteiger partial charge is 0.493 e. The summed E-state index contributed by atoms with van der Waals surface area (Å²) in [5, 5.41) is 2.53. The number of halogens is 3. The van der Waals surface area contributed by atoms with Crippen molar-refractivity contribution in [1.82, 2.24) is 0 Å². The smallest absolute Gasteiger partial charge is 0.387 e. The molecule has 2 aromatic carbocycles. The highest BCUT2D eigenvalue weighted by atomic mass is 19.3. The maximum absolute atomic E-state index is 13.1. The van der Waals surface area contributed by atoms with Crippen molar-refractivity contribution in [1.29, 1.82) is 0 Å². The van der Waals surface area contributed by atoms with Crippen molar-refractivity contribution in [2.45, 2.75) is 13.0 Å². The third-order valence-corrected chi connectivity index (χ3v) is 2.92. The lowest BCUT2D eigenvalue weighted by Crippen LogP contribution is -2.14. The molecule has 122 valence electrons. The van der Waals surface area contributed by atoms with E-state index in [-0.39, 0.29) is 23.6 Å². The van der Waals surface area contributed by atoms with E-state index in [4.69, 9.17) is 4.74 Å². The third kappa shape index (κ3) is 4.91. The SMILES string of the molecule is COc1ccc(NC(=O)Cc2cccc(F)c2)cc1OC(F)F. The third-order valence-electron chi connectivity index (χ3n) is 2.92. The molecule has 1 amide bonds. The fraction of sp³-hybridized carbons (Fsp3) is 0.188. The Balaban J connectivity index is 2.08. The number of alkyl halides is 2. The van der Waals surface area contributed by atoms with Crippen molar-refractivity contribution in [3.63, 3.8) is 0 Å². The van der Waals surface area contributed by atoms with Gasteiger partial charge in [0, 0.05) is 11.8 Å². The Morgan fingerprint density at radius 3 is 2.61 bits per heavy atom. The van der Waals surface area contributed by atoms with Gasteiger partial charge >= 0.3 is 6.61 Å². The second-order valence-corrected chi connectivity index (χ2v) is 4.60. The number of benzene rings is 2. The average Bonchev–Trinajstić information content (AvgIpc) is 2.46. The summed E-state index contributed by atoms with van der Waals surface area (Å²) < 4.78 is 47.0. The minimum absolute atomic E-state index is 0.0468. The molecular formula is C16H14F3NO3. The van der Waals surface area contributed by atoms with Crippen molar-refractivity contribution >= 4 is 11.6 Å². The van der Waals surface area contributed by atoms with E-state index >= 15 is 0 Å². The van der Waals surface area contributed by atoms with E-state index in [1.165, 1.54) is 43.5 Å². The van der Waals surface area contributed by atoms with Crippen molar-refractivity contribution in [2.75, 3.05) is 12.4 Å². The van der Waals surface area contributed by atoms with Crippen molar-refractivity contribution in [3.8, 4) is 11.5 Å². The summed E-state index contributed by atoms with van der Waals surface area (Å²) in [5.74, 6) is -0.921. The van der Waals surface area contributed by atoms with Crippen LogP contribution in [0.15, 0.2) is 42.5 Å². The number of amides is 1. The lowest BCUT2D eigenvalue weighted by Gasteiger charge is -2.12. The number of carbonyl (C=O) groups is 1. The molecule has 0 bridgehead atoms. The Bertz CT molecular complexity index is 692. The van der Waals surface area contributed by atoms with Crippen LogP contribution in [0.25, 0.3) is 0 Å². The summed E-state index contributed by atoms with van der Waals surface area (Å²) in [4.78, 5) is 11.9. The van der Waals surface area contributed by atoms with E-state index in [2.05, 4.69) is 10.1 Å². The fourth-order valence-corrected chi connectivity index (χ4v) is 1.98. The predicted octanol–water partition coefficient (Wildman–Crippen LogP) is 3.62. The number of rotatable bonds is 6. The zero-order chi connectivity index (χ0) is 16.8. The van der Waals surface area contributed by atoms with Crippen LogP contribution >= 0.6 is 0 Å². The van der Waals surface area contributed by atoms with Gasteiger partial charge < -0.3 is 14.8 Å². The molecule has 4 nitrogen and oxygen atoms in total. The number of anilines is 1. The summed E-state index contributed by atoms with van der Waals surface area (Å²) in [6, 6.07) is 9.75. The van der Waals surface area contributed by atoms with Crippen molar-refractivity contribution in [3.05, 3.63) is 53.8 Å². The van der Waals surface area contributed by atoms with Crippen molar-refractivity contribution in [2.24, 2.45) is 0 Å². The molecule has 0 fully saturated rings. The Labute approximate surface area is 130 Å². The molecule has 0 aliphatic heterocycles. The molecule has 0 saturated heterocycles. The van der Waals surface area contributed by atoms with E-state index < -0.39 is 18.3 Å². The first kappa shape index (κ1) is 16.7. The molecule has 0 aliphatic carbocycles. The summed E-state index contributed by atoms with van der Waals surface area (Å²) in [7, 11) is 1.32. The molecule has 0 aromatic heterocycles. The van der Waals surface area contributed by atoms with Crippen LogP contribution in [0.3, 0.4) is 0 Å². The van der Waals surface area contributed by atoms with Gasteiger partial charge in [0.05, 0.1) is 13.5 Å². The average molecular weight is 325 g/mol. The maximum Gasteiger partial charge on any atom is 0.387 e. The van der Waals surface area contributed by atoms with Crippen LogP contribution in [0.2, 0.25) is 0 Å². The monoisotopic (exact) mass is 325 g/mol. The number of nitrogens with one attached hydrogen (secondary N) is 1. The quantitative estimate of drug-likeness (QED) is 0.882. The highest BCUT2D eigenvalue weighted by Gasteiger charge is 2.12. The summed E-state index contributed by atoms with van der Waals surface area (Å²) in [6.07, 6.45) is -0.0468. The standard InChI is InChI=1S/C16H14F3NO3/c1-22-13-6-5-12(9-14(13)23-16(18)19)20-15(21)8-10-3-2-4-11(17)7-10/h2-7,9,16H,8H2,1H3,(H,20,21).